The van der Waals surface area contributed by atoms with Crippen LogP contribution in [0.1, 0.15) is 17.9 Å². The molecule has 0 radical (unpaired) electrons. The van der Waals surface area contributed by atoms with Crippen LogP contribution in [0.15, 0.2) is 59.1 Å². The van der Waals surface area contributed by atoms with E-state index in [1.807, 2.05) is 36.1 Å². The zero-order valence-electron chi connectivity index (χ0n) is 22.8. The Morgan fingerprint density at radius 3 is 2.51 bits per heavy atom. The highest BCUT2D eigenvalue weighted by Gasteiger charge is 2.27. The van der Waals surface area contributed by atoms with Crippen molar-refractivity contribution in [2.24, 2.45) is 0 Å². The number of benzene rings is 2. The molecule has 0 atom stereocenters. The number of carbonyl (C=O) groups excluding carboxylic acids is 2. The maximum Gasteiger partial charge on any atom is 0.242 e. The number of hydrogen-bond donors (Lipinski definition) is 0. The zero-order valence-corrected chi connectivity index (χ0v) is 22.8. The lowest BCUT2D eigenvalue weighted by atomic mass is 10.1. The number of methoxy groups -OCH3 is 1. The van der Waals surface area contributed by atoms with Gasteiger partial charge in [0.2, 0.25) is 11.8 Å². The van der Waals surface area contributed by atoms with Gasteiger partial charge in [0, 0.05) is 77.5 Å². The molecule has 2 aliphatic rings. The Hall–Kier alpha value is -3.85. The second-order valence-electron chi connectivity index (χ2n) is 10.1. The molecule has 5 rings (SSSR count). The minimum absolute atomic E-state index is 0.0214. The highest BCUT2D eigenvalue weighted by atomic mass is 16.5. The molecule has 3 heterocycles. The SMILES string of the molecule is COc1cc(N2CCC(=O)N(CC(=O)N3CCN(CCc4ccccc4)CC3)CC2)ccc1-c1cnc(C)o1. The Morgan fingerprint density at radius 1 is 1.00 bits per heavy atom. The summed E-state index contributed by atoms with van der Waals surface area (Å²) in [7, 11) is 1.63. The first-order valence-electron chi connectivity index (χ1n) is 13.7. The number of amides is 2. The van der Waals surface area contributed by atoms with E-state index >= 15 is 0 Å². The minimum Gasteiger partial charge on any atom is -0.496 e. The van der Waals surface area contributed by atoms with Crippen LogP contribution < -0.4 is 9.64 Å². The third kappa shape index (κ3) is 6.60. The van der Waals surface area contributed by atoms with E-state index in [1.165, 1.54) is 5.56 Å². The quantitative estimate of drug-likeness (QED) is 0.442. The van der Waals surface area contributed by atoms with Gasteiger partial charge in [0.05, 0.1) is 25.4 Å². The van der Waals surface area contributed by atoms with Crippen LogP contribution in [0.2, 0.25) is 0 Å². The van der Waals surface area contributed by atoms with Crippen molar-refractivity contribution in [2.45, 2.75) is 19.8 Å². The standard InChI is InChI=1S/C30H37N5O4/c1-23-31-21-28(39-23)26-9-8-25(20-27(26)38-2)33-13-11-29(36)35(19-18-33)22-30(37)34-16-14-32(15-17-34)12-10-24-6-4-3-5-7-24/h3-9,20-21H,10-19,22H2,1-2H3. The fraction of sp³-hybridized carbons (Fsp3) is 0.433. The van der Waals surface area contributed by atoms with Gasteiger partial charge in [0.15, 0.2) is 11.7 Å². The largest absolute Gasteiger partial charge is 0.496 e. The minimum atomic E-state index is 0.0214. The van der Waals surface area contributed by atoms with E-state index in [1.54, 1.807) is 18.2 Å². The van der Waals surface area contributed by atoms with Crippen LogP contribution in [0.3, 0.4) is 0 Å². The number of carbonyl (C=O) groups is 2. The highest BCUT2D eigenvalue weighted by Crippen LogP contribution is 2.34. The molecular weight excluding hydrogens is 494 g/mol. The Bertz CT molecular complexity index is 1270. The summed E-state index contributed by atoms with van der Waals surface area (Å²) in [6.45, 7) is 7.84. The van der Waals surface area contributed by atoms with Crippen molar-refractivity contribution in [3.05, 3.63) is 66.2 Å². The van der Waals surface area contributed by atoms with Gasteiger partial charge in [-0.1, -0.05) is 30.3 Å². The van der Waals surface area contributed by atoms with E-state index in [-0.39, 0.29) is 18.4 Å². The van der Waals surface area contributed by atoms with Crippen LogP contribution >= 0.6 is 0 Å². The lowest BCUT2D eigenvalue weighted by Crippen LogP contribution is -2.52. The Labute approximate surface area is 229 Å². The molecule has 2 aromatic carbocycles. The lowest BCUT2D eigenvalue weighted by molar-refractivity contribution is -0.141. The average Bonchev–Trinajstić information content (AvgIpc) is 3.32. The maximum absolute atomic E-state index is 13.1. The fourth-order valence-corrected chi connectivity index (χ4v) is 5.27. The van der Waals surface area contributed by atoms with E-state index in [0.717, 1.165) is 37.3 Å². The lowest BCUT2D eigenvalue weighted by Gasteiger charge is -2.35. The summed E-state index contributed by atoms with van der Waals surface area (Å²) in [4.78, 5) is 38.4. The zero-order chi connectivity index (χ0) is 27.2. The number of oxazole rings is 1. The molecule has 2 fully saturated rings. The third-order valence-corrected chi connectivity index (χ3v) is 7.64. The predicted octanol–water partition coefficient (Wildman–Crippen LogP) is 3.08. The first kappa shape index (κ1) is 26.7. The van der Waals surface area contributed by atoms with E-state index in [4.69, 9.17) is 9.15 Å². The highest BCUT2D eigenvalue weighted by molar-refractivity contribution is 5.85. The molecule has 9 heteroatoms. The second kappa shape index (κ2) is 12.3. The van der Waals surface area contributed by atoms with Crippen LogP contribution in [0, 0.1) is 6.92 Å². The third-order valence-electron chi connectivity index (χ3n) is 7.64. The molecule has 0 unspecified atom stereocenters. The number of piperazine rings is 1. The second-order valence-corrected chi connectivity index (χ2v) is 10.1. The van der Waals surface area contributed by atoms with E-state index in [2.05, 4.69) is 39.0 Å². The molecule has 3 aromatic rings. The van der Waals surface area contributed by atoms with Gasteiger partial charge in [-0.2, -0.15) is 0 Å². The maximum atomic E-state index is 13.1. The van der Waals surface area contributed by atoms with Gasteiger partial charge < -0.3 is 23.9 Å². The number of anilines is 1. The molecule has 9 nitrogen and oxygen atoms in total. The monoisotopic (exact) mass is 531 g/mol. The first-order chi connectivity index (χ1) is 19.0. The van der Waals surface area contributed by atoms with Crippen LogP contribution in [0.4, 0.5) is 5.69 Å². The number of aryl methyl sites for hydroxylation is 1. The van der Waals surface area contributed by atoms with E-state index < -0.39 is 0 Å². The molecule has 2 amide bonds. The number of hydrogen-bond acceptors (Lipinski definition) is 7. The van der Waals surface area contributed by atoms with Crippen molar-refractivity contribution < 1.29 is 18.7 Å². The van der Waals surface area contributed by atoms with Crippen molar-refractivity contribution in [1.82, 2.24) is 19.7 Å². The van der Waals surface area contributed by atoms with Crippen molar-refractivity contribution in [3.63, 3.8) is 0 Å². The molecule has 206 valence electrons. The van der Waals surface area contributed by atoms with Gasteiger partial charge in [-0.15, -0.1) is 0 Å². The van der Waals surface area contributed by atoms with Gasteiger partial charge in [0.1, 0.15) is 5.75 Å². The number of aromatic nitrogens is 1. The van der Waals surface area contributed by atoms with Crippen LogP contribution in [0.25, 0.3) is 11.3 Å². The molecule has 39 heavy (non-hydrogen) atoms. The molecule has 0 spiro atoms. The molecule has 2 saturated heterocycles. The Balaban J connectivity index is 1.13. The summed E-state index contributed by atoms with van der Waals surface area (Å²) in [5.74, 6) is 2.00. The van der Waals surface area contributed by atoms with Gasteiger partial charge in [-0.25, -0.2) is 4.98 Å². The molecule has 1 aromatic heterocycles. The average molecular weight is 532 g/mol. The molecule has 2 aliphatic heterocycles. The summed E-state index contributed by atoms with van der Waals surface area (Å²) >= 11 is 0. The van der Waals surface area contributed by atoms with Gasteiger partial charge in [-0.3, -0.25) is 14.5 Å². The summed E-state index contributed by atoms with van der Waals surface area (Å²) in [6, 6.07) is 16.4. The van der Waals surface area contributed by atoms with Gasteiger partial charge in [0.25, 0.3) is 0 Å². The molecule has 0 saturated carbocycles. The van der Waals surface area contributed by atoms with Crippen LogP contribution in [-0.4, -0.2) is 97.5 Å². The van der Waals surface area contributed by atoms with E-state index in [0.29, 0.717) is 56.5 Å². The van der Waals surface area contributed by atoms with Crippen molar-refractivity contribution in [1.29, 1.82) is 0 Å². The number of rotatable bonds is 8. The van der Waals surface area contributed by atoms with Crippen molar-refractivity contribution >= 4 is 17.5 Å². The first-order valence-corrected chi connectivity index (χ1v) is 13.7. The van der Waals surface area contributed by atoms with Crippen LogP contribution in [-0.2, 0) is 16.0 Å². The van der Waals surface area contributed by atoms with Crippen molar-refractivity contribution in [3.8, 4) is 17.1 Å². The summed E-state index contributed by atoms with van der Waals surface area (Å²) < 4.78 is 11.3. The summed E-state index contributed by atoms with van der Waals surface area (Å²) in [6.07, 6.45) is 3.07. The number of ether oxygens (including phenoxy) is 1. The summed E-state index contributed by atoms with van der Waals surface area (Å²) in [5, 5.41) is 0. The van der Waals surface area contributed by atoms with Gasteiger partial charge >= 0.3 is 0 Å². The van der Waals surface area contributed by atoms with Crippen molar-refractivity contribution in [2.75, 3.05) is 70.9 Å². The molecule has 0 aliphatic carbocycles. The molecule has 0 bridgehead atoms. The molecular formula is C30H37N5O4. The van der Waals surface area contributed by atoms with Gasteiger partial charge in [-0.05, 0) is 24.1 Å². The Kier molecular flexibility index (Phi) is 8.46. The van der Waals surface area contributed by atoms with E-state index in [9.17, 15) is 9.59 Å². The predicted molar refractivity (Wildman–Crippen MR) is 150 cm³/mol. The summed E-state index contributed by atoms with van der Waals surface area (Å²) in [5.41, 5.74) is 3.14. The smallest absolute Gasteiger partial charge is 0.242 e. The Morgan fingerprint density at radius 2 is 1.79 bits per heavy atom. The normalized spacial score (nSPS) is 16.9. The number of nitrogens with zero attached hydrogens (tertiary/aromatic N) is 5. The fourth-order valence-electron chi connectivity index (χ4n) is 5.27. The van der Waals surface area contributed by atoms with Crippen LogP contribution in [0.5, 0.6) is 5.75 Å². The molecule has 0 N–H and O–H groups in total. The topological polar surface area (TPSA) is 82.4 Å².